The molecule has 1 aromatic heterocycles. The van der Waals surface area contributed by atoms with Gasteiger partial charge in [0.05, 0.1) is 12.2 Å². The molecule has 0 aromatic carbocycles. The van der Waals surface area contributed by atoms with Crippen LogP contribution in [0.1, 0.15) is 35.7 Å². The van der Waals surface area contributed by atoms with Crippen molar-refractivity contribution in [1.82, 2.24) is 14.8 Å². The number of urea groups is 1. The first-order valence-corrected chi connectivity index (χ1v) is 7.96. The van der Waals surface area contributed by atoms with Crippen molar-refractivity contribution in [2.45, 2.75) is 31.7 Å². The lowest BCUT2D eigenvalue weighted by atomic mass is 9.77. The van der Waals surface area contributed by atoms with E-state index in [9.17, 15) is 4.79 Å². The lowest BCUT2D eigenvalue weighted by Gasteiger charge is -2.44. The smallest absolute Gasteiger partial charge is 0.315 e. The largest absolute Gasteiger partial charge is 0.351 e. The molecule has 0 unspecified atom stereocenters. The first-order valence-electron chi connectivity index (χ1n) is 7.96. The predicted octanol–water partition coefficient (Wildman–Crippen LogP) is 1.33. The summed E-state index contributed by atoms with van der Waals surface area (Å²) in [6.45, 7) is 4.93. The first-order chi connectivity index (χ1) is 10.2. The molecule has 112 valence electrons. The maximum absolute atomic E-state index is 11.4. The fourth-order valence-electron chi connectivity index (χ4n) is 4.12. The van der Waals surface area contributed by atoms with E-state index in [1.54, 1.807) is 4.90 Å². The van der Waals surface area contributed by atoms with Crippen LogP contribution in [0.25, 0.3) is 0 Å². The lowest BCUT2D eigenvalue weighted by molar-refractivity contribution is 0.0852. The van der Waals surface area contributed by atoms with E-state index < -0.39 is 0 Å². The van der Waals surface area contributed by atoms with Gasteiger partial charge >= 0.3 is 6.03 Å². The number of carbonyl (C=O) groups excluding carboxylic acids is 1. The summed E-state index contributed by atoms with van der Waals surface area (Å²) in [5.41, 5.74) is 8.95. The molecule has 5 heterocycles. The van der Waals surface area contributed by atoms with Crippen molar-refractivity contribution in [3.05, 3.63) is 29.1 Å². The Kier molecular flexibility index (Phi) is 3.10. The second-order valence-electron chi connectivity index (χ2n) is 6.60. The molecule has 2 amide bonds. The van der Waals surface area contributed by atoms with Gasteiger partial charge in [-0.15, -0.1) is 0 Å². The van der Waals surface area contributed by atoms with E-state index in [1.165, 1.54) is 37.2 Å². The zero-order valence-electron chi connectivity index (χ0n) is 12.3. The van der Waals surface area contributed by atoms with E-state index in [-0.39, 0.29) is 6.03 Å². The van der Waals surface area contributed by atoms with Gasteiger partial charge in [0.25, 0.3) is 0 Å². The Morgan fingerprint density at radius 1 is 1.24 bits per heavy atom. The van der Waals surface area contributed by atoms with Crippen LogP contribution in [0.5, 0.6) is 0 Å². The molecule has 4 aliphatic rings. The van der Waals surface area contributed by atoms with Crippen LogP contribution in [0.3, 0.4) is 0 Å². The summed E-state index contributed by atoms with van der Waals surface area (Å²) in [5, 5.41) is 0. The number of rotatable bonds is 1. The van der Waals surface area contributed by atoms with Crippen LogP contribution in [-0.4, -0.2) is 47.0 Å². The van der Waals surface area contributed by atoms with Crippen molar-refractivity contribution in [2.24, 2.45) is 11.7 Å². The highest BCUT2D eigenvalue weighted by molar-refractivity contribution is 5.72. The van der Waals surface area contributed by atoms with Gasteiger partial charge in [-0.1, -0.05) is 6.07 Å². The minimum absolute atomic E-state index is 0.337. The normalized spacial score (nSPS) is 31.0. The third-order valence-electron chi connectivity index (χ3n) is 5.43. The number of nitrogens with two attached hydrogens (primary N) is 1. The van der Waals surface area contributed by atoms with Gasteiger partial charge in [0.1, 0.15) is 0 Å². The number of pyridine rings is 1. The Bertz CT molecular complexity index is 565. The zero-order valence-corrected chi connectivity index (χ0v) is 12.3. The minimum atomic E-state index is -0.337. The van der Waals surface area contributed by atoms with E-state index in [2.05, 4.69) is 17.0 Å². The van der Waals surface area contributed by atoms with E-state index in [0.29, 0.717) is 19.0 Å². The summed E-state index contributed by atoms with van der Waals surface area (Å²) in [5.74, 6) is 1.36. The number of fused-ring (bicyclic) bond motifs is 4. The standard InChI is InChI=1S/C16H22N4O/c17-16(21)20-8-5-12-1-2-14(18-15(12)10-20)13-9-19-6-3-11(13)4-7-19/h1-2,11,13H,3-10H2,(H2,17,21)/t13-/m1/s1. The molecule has 3 saturated heterocycles. The SMILES string of the molecule is NC(=O)N1CCc2ccc([C@@H]3CN4CCC3CC4)nc2C1. The molecule has 5 nitrogen and oxygen atoms in total. The quantitative estimate of drug-likeness (QED) is 0.847. The number of primary amides is 1. The zero-order chi connectivity index (χ0) is 14.4. The second kappa shape index (κ2) is 4.98. The fraction of sp³-hybridized carbons (Fsp3) is 0.625. The Balaban J connectivity index is 1.60. The van der Waals surface area contributed by atoms with E-state index in [4.69, 9.17) is 10.7 Å². The van der Waals surface area contributed by atoms with E-state index in [1.807, 2.05) is 0 Å². The highest BCUT2D eigenvalue weighted by Gasteiger charge is 2.36. The van der Waals surface area contributed by atoms with E-state index in [0.717, 1.165) is 24.6 Å². The predicted molar refractivity (Wildman–Crippen MR) is 79.8 cm³/mol. The molecular formula is C16H22N4O. The van der Waals surface area contributed by atoms with Crippen molar-refractivity contribution in [1.29, 1.82) is 0 Å². The molecule has 5 heteroatoms. The molecule has 1 atom stereocenters. The van der Waals surface area contributed by atoms with E-state index >= 15 is 0 Å². The van der Waals surface area contributed by atoms with Crippen LogP contribution in [0.4, 0.5) is 4.79 Å². The number of piperidine rings is 3. The summed E-state index contributed by atoms with van der Waals surface area (Å²) >= 11 is 0. The average Bonchev–Trinajstić information content (AvgIpc) is 2.54. The monoisotopic (exact) mass is 286 g/mol. The van der Waals surface area contributed by atoms with Crippen molar-refractivity contribution in [3.63, 3.8) is 0 Å². The fourth-order valence-corrected chi connectivity index (χ4v) is 4.12. The van der Waals surface area contributed by atoms with Crippen molar-refractivity contribution in [3.8, 4) is 0 Å². The maximum atomic E-state index is 11.4. The van der Waals surface area contributed by atoms with Crippen molar-refractivity contribution in [2.75, 3.05) is 26.2 Å². The molecule has 5 rings (SSSR count). The molecule has 1 aromatic rings. The van der Waals surface area contributed by atoms with Gasteiger partial charge in [-0.05, 0) is 49.9 Å². The van der Waals surface area contributed by atoms with Gasteiger partial charge in [-0.25, -0.2) is 4.79 Å². The first kappa shape index (κ1) is 13.1. The molecule has 0 saturated carbocycles. The van der Waals surface area contributed by atoms with Crippen LogP contribution in [-0.2, 0) is 13.0 Å². The highest BCUT2D eigenvalue weighted by atomic mass is 16.2. The van der Waals surface area contributed by atoms with Crippen LogP contribution < -0.4 is 5.73 Å². The summed E-state index contributed by atoms with van der Waals surface area (Å²) in [4.78, 5) is 20.5. The summed E-state index contributed by atoms with van der Waals surface area (Å²) < 4.78 is 0. The number of amides is 2. The summed E-state index contributed by atoms with van der Waals surface area (Å²) in [6, 6.07) is 4.09. The third-order valence-corrected chi connectivity index (χ3v) is 5.43. The molecule has 0 aliphatic carbocycles. The Morgan fingerprint density at radius 2 is 2.05 bits per heavy atom. The molecule has 3 fully saturated rings. The molecule has 0 spiro atoms. The summed E-state index contributed by atoms with van der Waals surface area (Å²) in [7, 11) is 0. The van der Waals surface area contributed by atoms with Crippen LogP contribution in [0, 0.1) is 5.92 Å². The second-order valence-corrected chi connectivity index (χ2v) is 6.60. The van der Waals surface area contributed by atoms with Gasteiger partial charge in [-0.3, -0.25) is 4.98 Å². The molecular weight excluding hydrogens is 264 g/mol. The Hall–Kier alpha value is -1.62. The van der Waals surface area contributed by atoms with Gasteiger partial charge in [-0.2, -0.15) is 0 Å². The topological polar surface area (TPSA) is 62.5 Å². The van der Waals surface area contributed by atoms with Crippen LogP contribution in [0.2, 0.25) is 0 Å². The Labute approximate surface area is 125 Å². The molecule has 21 heavy (non-hydrogen) atoms. The van der Waals surface area contributed by atoms with Gasteiger partial charge in [0, 0.05) is 24.7 Å². The van der Waals surface area contributed by atoms with Gasteiger partial charge in [0.2, 0.25) is 0 Å². The summed E-state index contributed by atoms with van der Waals surface area (Å²) in [6.07, 6.45) is 3.47. The highest BCUT2D eigenvalue weighted by Crippen LogP contribution is 2.38. The number of nitrogens with zero attached hydrogens (tertiary/aromatic N) is 3. The maximum Gasteiger partial charge on any atom is 0.315 e. The van der Waals surface area contributed by atoms with Crippen molar-refractivity contribution >= 4 is 6.03 Å². The number of hydrogen-bond donors (Lipinski definition) is 1. The van der Waals surface area contributed by atoms with Gasteiger partial charge < -0.3 is 15.5 Å². The van der Waals surface area contributed by atoms with Gasteiger partial charge in [0.15, 0.2) is 0 Å². The Morgan fingerprint density at radius 3 is 2.71 bits per heavy atom. The molecule has 0 radical (unpaired) electrons. The molecule has 2 N–H and O–H groups in total. The minimum Gasteiger partial charge on any atom is -0.351 e. The average molecular weight is 286 g/mol. The number of carbonyl (C=O) groups is 1. The third kappa shape index (κ3) is 2.29. The van der Waals surface area contributed by atoms with Crippen LogP contribution in [0.15, 0.2) is 12.1 Å². The molecule has 4 aliphatic heterocycles. The van der Waals surface area contributed by atoms with Crippen LogP contribution >= 0.6 is 0 Å². The van der Waals surface area contributed by atoms with Crippen molar-refractivity contribution < 1.29 is 4.79 Å². The lowest BCUT2D eigenvalue weighted by Crippen LogP contribution is -2.46. The number of hydrogen-bond acceptors (Lipinski definition) is 3. The molecule has 2 bridgehead atoms. The number of aromatic nitrogens is 1.